The van der Waals surface area contributed by atoms with E-state index in [4.69, 9.17) is 0 Å². The highest BCUT2D eigenvalue weighted by molar-refractivity contribution is 9.10. The van der Waals surface area contributed by atoms with Gasteiger partial charge < -0.3 is 10.6 Å². The minimum absolute atomic E-state index is 0.243. The highest BCUT2D eigenvalue weighted by Gasteiger charge is 2.05. The minimum Gasteiger partial charge on any atom is -0.387 e. The summed E-state index contributed by atoms with van der Waals surface area (Å²) in [6.07, 6.45) is 3.63. The topological polar surface area (TPSA) is 37.0 Å². The molecule has 4 heteroatoms. The second kappa shape index (κ2) is 5.87. The summed E-state index contributed by atoms with van der Waals surface area (Å²) in [6.45, 7) is 2.13. The molecule has 0 spiro atoms. The summed E-state index contributed by atoms with van der Waals surface area (Å²) in [5.41, 5.74) is 3.26. The Labute approximate surface area is 116 Å². The molecule has 0 bridgehead atoms. The van der Waals surface area contributed by atoms with Crippen molar-refractivity contribution in [2.75, 3.05) is 17.7 Å². The molecule has 1 unspecified atom stereocenters. The first-order valence-corrected chi connectivity index (χ1v) is 6.63. The van der Waals surface area contributed by atoms with Crippen LogP contribution in [-0.4, -0.2) is 12.0 Å². The van der Waals surface area contributed by atoms with Crippen molar-refractivity contribution in [1.29, 1.82) is 0 Å². The van der Waals surface area contributed by atoms with Crippen molar-refractivity contribution in [3.05, 3.63) is 52.8 Å². The molecule has 0 fully saturated rings. The van der Waals surface area contributed by atoms with Crippen LogP contribution < -0.4 is 10.6 Å². The lowest BCUT2D eigenvalue weighted by Gasteiger charge is -2.16. The average molecular weight is 306 g/mol. The van der Waals surface area contributed by atoms with Crippen LogP contribution in [0.1, 0.15) is 18.5 Å². The molecule has 0 aliphatic carbocycles. The zero-order chi connectivity index (χ0) is 13.0. The summed E-state index contributed by atoms with van der Waals surface area (Å²) in [6, 6.07) is 10.6. The maximum atomic E-state index is 4.18. The molecule has 1 aromatic heterocycles. The maximum Gasteiger partial charge on any atom is 0.0552 e. The number of nitrogens with zero attached hydrogens (tertiary/aromatic N) is 1. The molecule has 0 amide bonds. The molecule has 0 aliphatic rings. The largest absolute Gasteiger partial charge is 0.387 e. The third kappa shape index (κ3) is 3.23. The second-order valence-corrected chi connectivity index (χ2v) is 5.05. The molecular formula is C14H16BrN3. The van der Waals surface area contributed by atoms with E-state index < -0.39 is 0 Å². The van der Waals surface area contributed by atoms with Crippen molar-refractivity contribution in [3.63, 3.8) is 0 Å². The number of hydrogen-bond acceptors (Lipinski definition) is 3. The van der Waals surface area contributed by atoms with Crippen molar-refractivity contribution in [3.8, 4) is 0 Å². The van der Waals surface area contributed by atoms with Gasteiger partial charge in [-0.1, -0.05) is 28.1 Å². The summed E-state index contributed by atoms with van der Waals surface area (Å²) in [4.78, 5) is 4.18. The van der Waals surface area contributed by atoms with Crippen molar-refractivity contribution in [2.24, 2.45) is 0 Å². The Morgan fingerprint density at radius 1 is 1.11 bits per heavy atom. The molecule has 2 rings (SSSR count). The Morgan fingerprint density at radius 3 is 2.44 bits per heavy atom. The second-order valence-electron chi connectivity index (χ2n) is 4.13. The molecule has 3 nitrogen and oxygen atoms in total. The molecule has 2 aromatic rings. The third-order valence-electron chi connectivity index (χ3n) is 2.78. The number of hydrogen-bond donors (Lipinski definition) is 2. The molecule has 1 heterocycles. The normalized spacial score (nSPS) is 11.9. The van der Waals surface area contributed by atoms with Crippen molar-refractivity contribution in [2.45, 2.75) is 13.0 Å². The van der Waals surface area contributed by atoms with Crippen LogP contribution >= 0.6 is 15.9 Å². The van der Waals surface area contributed by atoms with Gasteiger partial charge in [0.25, 0.3) is 0 Å². The minimum atomic E-state index is 0.243. The van der Waals surface area contributed by atoms with Crippen molar-refractivity contribution in [1.82, 2.24) is 4.98 Å². The van der Waals surface area contributed by atoms with Crippen molar-refractivity contribution < 1.29 is 0 Å². The molecular weight excluding hydrogens is 290 g/mol. The van der Waals surface area contributed by atoms with Gasteiger partial charge in [0.2, 0.25) is 0 Å². The van der Waals surface area contributed by atoms with E-state index in [2.05, 4.69) is 62.7 Å². The first-order chi connectivity index (χ1) is 8.69. The number of rotatable bonds is 4. The van der Waals surface area contributed by atoms with Crippen LogP contribution in [-0.2, 0) is 0 Å². The van der Waals surface area contributed by atoms with Gasteiger partial charge in [-0.15, -0.1) is 0 Å². The van der Waals surface area contributed by atoms with Crippen molar-refractivity contribution >= 4 is 27.3 Å². The Hall–Kier alpha value is -1.55. The van der Waals surface area contributed by atoms with Gasteiger partial charge >= 0.3 is 0 Å². The zero-order valence-corrected chi connectivity index (χ0v) is 12.0. The van der Waals surface area contributed by atoms with Gasteiger partial charge in [-0.3, -0.25) is 4.98 Å². The SMILES string of the molecule is CNc1cncc(NC(C)c2ccc(Br)cc2)c1. The van der Waals surface area contributed by atoms with E-state index in [1.54, 1.807) is 6.20 Å². The van der Waals surface area contributed by atoms with Gasteiger partial charge in [0.1, 0.15) is 0 Å². The molecule has 2 N–H and O–H groups in total. The molecule has 94 valence electrons. The van der Waals surface area contributed by atoms with E-state index in [1.165, 1.54) is 5.56 Å². The maximum absolute atomic E-state index is 4.18. The van der Waals surface area contributed by atoms with Crippen LogP contribution in [0, 0.1) is 0 Å². The average Bonchev–Trinajstić information content (AvgIpc) is 2.39. The van der Waals surface area contributed by atoms with Crippen LogP contribution in [0.3, 0.4) is 0 Å². The fourth-order valence-electron chi connectivity index (χ4n) is 1.74. The first kappa shape index (κ1) is 12.9. The lowest BCUT2D eigenvalue weighted by Crippen LogP contribution is -2.07. The van der Waals surface area contributed by atoms with E-state index in [9.17, 15) is 0 Å². The van der Waals surface area contributed by atoms with Crippen LogP contribution in [0.2, 0.25) is 0 Å². The quantitative estimate of drug-likeness (QED) is 0.894. The van der Waals surface area contributed by atoms with Crippen LogP contribution in [0.15, 0.2) is 47.2 Å². The predicted molar refractivity (Wildman–Crippen MR) is 80.0 cm³/mol. The fraction of sp³-hybridized carbons (Fsp3) is 0.214. The highest BCUT2D eigenvalue weighted by Crippen LogP contribution is 2.22. The molecule has 0 saturated carbocycles. The number of pyridine rings is 1. The van der Waals surface area contributed by atoms with E-state index in [0.717, 1.165) is 15.8 Å². The molecule has 1 aromatic carbocycles. The summed E-state index contributed by atoms with van der Waals surface area (Å²) >= 11 is 3.44. The van der Waals surface area contributed by atoms with Gasteiger partial charge in [-0.05, 0) is 30.7 Å². The molecule has 0 aliphatic heterocycles. The van der Waals surface area contributed by atoms with E-state index in [1.807, 2.05) is 19.3 Å². The highest BCUT2D eigenvalue weighted by atomic mass is 79.9. The van der Waals surface area contributed by atoms with Gasteiger partial charge in [0.05, 0.1) is 23.8 Å². The standard InChI is InChI=1S/C14H16BrN3/c1-10(11-3-5-12(15)6-4-11)18-14-7-13(16-2)8-17-9-14/h3-10,16,18H,1-2H3. The smallest absolute Gasteiger partial charge is 0.0552 e. The van der Waals surface area contributed by atoms with Crippen LogP contribution in [0.4, 0.5) is 11.4 Å². The fourth-order valence-corrected chi connectivity index (χ4v) is 2.00. The molecule has 0 saturated heterocycles. The van der Waals surface area contributed by atoms with E-state index in [-0.39, 0.29) is 6.04 Å². The van der Waals surface area contributed by atoms with E-state index >= 15 is 0 Å². The summed E-state index contributed by atoms with van der Waals surface area (Å²) in [5, 5.41) is 6.51. The number of halogens is 1. The van der Waals surface area contributed by atoms with Gasteiger partial charge in [0.15, 0.2) is 0 Å². The lowest BCUT2D eigenvalue weighted by molar-refractivity contribution is 0.882. The lowest BCUT2D eigenvalue weighted by atomic mass is 10.1. The predicted octanol–water partition coefficient (Wildman–Crippen LogP) is 4.06. The van der Waals surface area contributed by atoms with Crippen LogP contribution in [0.5, 0.6) is 0 Å². The third-order valence-corrected chi connectivity index (χ3v) is 3.31. The monoisotopic (exact) mass is 305 g/mol. The first-order valence-electron chi connectivity index (χ1n) is 5.84. The summed E-state index contributed by atoms with van der Waals surface area (Å²) < 4.78 is 1.09. The zero-order valence-electron chi connectivity index (χ0n) is 10.4. The molecule has 1 atom stereocenters. The summed E-state index contributed by atoms with van der Waals surface area (Å²) in [7, 11) is 1.89. The Balaban J connectivity index is 2.10. The Morgan fingerprint density at radius 2 is 1.78 bits per heavy atom. The van der Waals surface area contributed by atoms with Gasteiger partial charge in [-0.25, -0.2) is 0 Å². The molecule has 18 heavy (non-hydrogen) atoms. The number of benzene rings is 1. The summed E-state index contributed by atoms with van der Waals surface area (Å²) in [5.74, 6) is 0. The van der Waals surface area contributed by atoms with E-state index in [0.29, 0.717) is 0 Å². The van der Waals surface area contributed by atoms with Crippen LogP contribution in [0.25, 0.3) is 0 Å². The Kier molecular flexibility index (Phi) is 4.20. The number of aromatic nitrogens is 1. The Bertz CT molecular complexity index is 511. The molecule has 0 radical (unpaired) electrons. The number of nitrogens with one attached hydrogen (secondary N) is 2. The van der Waals surface area contributed by atoms with Gasteiger partial charge in [0, 0.05) is 17.6 Å². The van der Waals surface area contributed by atoms with Gasteiger partial charge in [-0.2, -0.15) is 0 Å². The number of anilines is 2.